The van der Waals surface area contributed by atoms with E-state index in [0.717, 1.165) is 0 Å². The second-order valence-electron chi connectivity index (χ2n) is 2.62. The molecule has 0 aromatic heterocycles. The summed E-state index contributed by atoms with van der Waals surface area (Å²) >= 11 is 5.69. The molecule has 0 spiro atoms. The van der Waals surface area contributed by atoms with Crippen molar-refractivity contribution in [3.63, 3.8) is 0 Å². The lowest BCUT2D eigenvalue weighted by Gasteiger charge is -2.03. The zero-order chi connectivity index (χ0) is 11.4. The van der Waals surface area contributed by atoms with Crippen molar-refractivity contribution < 1.29 is 14.5 Å². The molecule has 80 valence electrons. The van der Waals surface area contributed by atoms with E-state index in [9.17, 15) is 14.9 Å². The van der Waals surface area contributed by atoms with Crippen LogP contribution >= 0.6 is 11.6 Å². The van der Waals surface area contributed by atoms with Crippen molar-refractivity contribution in [2.24, 2.45) is 0 Å². The Bertz CT molecular complexity index is 405. The Labute approximate surface area is 90.8 Å². The number of carbonyl (C=O) groups is 1. The van der Waals surface area contributed by atoms with Gasteiger partial charge in [-0.05, 0) is 13.0 Å². The minimum atomic E-state index is -0.661. The molecule has 0 aliphatic rings. The fraction of sp³-hybridized carbons (Fsp3) is 0.222. The van der Waals surface area contributed by atoms with Crippen molar-refractivity contribution >= 4 is 23.3 Å². The van der Waals surface area contributed by atoms with Gasteiger partial charge >= 0.3 is 5.97 Å². The number of ether oxygens (including phenoxy) is 1. The molecule has 0 N–H and O–H groups in total. The Morgan fingerprint density at radius 3 is 2.80 bits per heavy atom. The molecule has 0 aliphatic heterocycles. The van der Waals surface area contributed by atoms with Gasteiger partial charge in [0.1, 0.15) is 5.02 Å². The predicted molar refractivity (Wildman–Crippen MR) is 54.1 cm³/mol. The summed E-state index contributed by atoms with van der Waals surface area (Å²) in [6.07, 6.45) is 0. The van der Waals surface area contributed by atoms with Gasteiger partial charge in [-0.15, -0.1) is 0 Å². The summed E-state index contributed by atoms with van der Waals surface area (Å²) in [6, 6.07) is 3.99. The molecule has 0 fully saturated rings. The first kappa shape index (κ1) is 11.5. The average Bonchev–Trinajstić information content (AvgIpc) is 2.17. The molecule has 6 heteroatoms. The van der Waals surface area contributed by atoms with Gasteiger partial charge < -0.3 is 4.74 Å². The molecule has 0 aliphatic carbocycles. The van der Waals surface area contributed by atoms with E-state index in [0.29, 0.717) is 0 Å². The Morgan fingerprint density at radius 1 is 1.60 bits per heavy atom. The Balaban J connectivity index is 3.15. The molecule has 0 unspecified atom stereocenters. The fourth-order valence-corrected chi connectivity index (χ4v) is 1.30. The number of nitro groups is 1. The van der Waals surface area contributed by atoms with E-state index in [1.54, 1.807) is 6.92 Å². The summed E-state index contributed by atoms with van der Waals surface area (Å²) in [5.41, 5.74) is -0.296. The second-order valence-corrected chi connectivity index (χ2v) is 2.99. The van der Waals surface area contributed by atoms with E-state index in [1.165, 1.54) is 18.2 Å². The lowest BCUT2D eigenvalue weighted by atomic mass is 10.2. The first-order valence-electron chi connectivity index (χ1n) is 4.18. The Kier molecular flexibility index (Phi) is 3.62. The highest BCUT2D eigenvalue weighted by molar-refractivity contribution is 6.35. The minimum absolute atomic E-state index is 0.00715. The van der Waals surface area contributed by atoms with Crippen LogP contribution in [0.5, 0.6) is 0 Å². The Hall–Kier alpha value is -1.62. The van der Waals surface area contributed by atoms with Crippen LogP contribution in [0.1, 0.15) is 17.3 Å². The summed E-state index contributed by atoms with van der Waals surface area (Å²) in [6.45, 7) is 1.83. The van der Waals surface area contributed by atoms with Crippen LogP contribution < -0.4 is 0 Å². The number of rotatable bonds is 3. The lowest BCUT2D eigenvalue weighted by molar-refractivity contribution is -0.384. The first-order chi connectivity index (χ1) is 7.07. The van der Waals surface area contributed by atoms with Crippen LogP contribution in [0.4, 0.5) is 5.69 Å². The molecular weight excluding hydrogens is 222 g/mol. The third-order valence-corrected chi connectivity index (χ3v) is 2.07. The van der Waals surface area contributed by atoms with Gasteiger partial charge in [0.15, 0.2) is 0 Å². The smallest absolute Gasteiger partial charge is 0.339 e. The molecule has 0 atom stereocenters. The number of carbonyl (C=O) groups excluding carboxylic acids is 1. The fourth-order valence-electron chi connectivity index (χ4n) is 1.03. The molecule has 1 aromatic rings. The van der Waals surface area contributed by atoms with Gasteiger partial charge in [0.05, 0.1) is 17.1 Å². The number of nitro benzene ring substituents is 1. The molecule has 1 rings (SSSR count). The van der Waals surface area contributed by atoms with E-state index in [1.807, 2.05) is 0 Å². The standard InChI is InChI=1S/C9H8ClNO4/c1-2-15-9(12)6-4-3-5-7(8(6)10)11(13)14/h3-5H,2H2,1H3. The molecule has 0 bridgehead atoms. The van der Waals surface area contributed by atoms with Crippen LogP contribution in [0.15, 0.2) is 18.2 Å². The van der Waals surface area contributed by atoms with Crippen molar-refractivity contribution in [3.8, 4) is 0 Å². The number of halogens is 1. The molecule has 0 amide bonds. The van der Waals surface area contributed by atoms with E-state index in [-0.39, 0.29) is 22.9 Å². The maximum Gasteiger partial charge on any atom is 0.339 e. The van der Waals surface area contributed by atoms with Crippen LogP contribution in [0.3, 0.4) is 0 Å². The van der Waals surface area contributed by atoms with Gasteiger partial charge in [0, 0.05) is 6.07 Å². The van der Waals surface area contributed by atoms with Crippen LogP contribution in [0.25, 0.3) is 0 Å². The summed E-state index contributed by atoms with van der Waals surface area (Å²) in [4.78, 5) is 21.2. The normalized spacial score (nSPS) is 9.73. The van der Waals surface area contributed by atoms with Crippen molar-refractivity contribution in [1.29, 1.82) is 0 Å². The Morgan fingerprint density at radius 2 is 2.27 bits per heavy atom. The summed E-state index contributed by atoms with van der Waals surface area (Å²) in [7, 11) is 0. The predicted octanol–water partition coefficient (Wildman–Crippen LogP) is 2.42. The third kappa shape index (κ3) is 2.44. The highest BCUT2D eigenvalue weighted by Crippen LogP contribution is 2.27. The van der Waals surface area contributed by atoms with Crippen LogP contribution in [0.2, 0.25) is 5.02 Å². The molecule has 1 aromatic carbocycles. The topological polar surface area (TPSA) is 69.4 Å². The third-order valence-electron chi connectivity index (χ3n) is 1.67. The van der Waals surface area contributed by atoms with Gasteiger partial charge in [0.2, 0.25) is 0 Å². The second kappa shape index (κ2) is 4.75. The van der Waals surface area contributed by atoms with E-state index >= 15 is 0 Å². The SMILES string of the molecule is CCOC(=O)c1cccc([N+](=O)[O-])c1Cl. The molecule has 15 heavy (non-hydrogen) atoms. The first-order valence-corrected chi connectivity index (χ1v) is 4.55. The van der Waals surface area contributed by atoms with E-state index in [4.69, 9.17) is 16.3 Å². The van der Waals surface area contributed by atoms with Gasteiger partial charge in [-0.1, -0.05) is 17.7 Å². The number of esters is 1. The summed E-state index contributed by atoms with van der Waals surface area (Å²) < 4.78 is 4.70. The zero-order valence-electron chi connectivity index (χ0n) is 7.90. The largest absolute Gasteiger partial charge is 0.462 e. The van der Waals surface area contributed by atoms with Crippen molar-refractivity contribution in [2.45, 2.75) is 6.92 Å². The van der Waals surface area contributed by atoms with Crippen LogP contribution in [-0.2, 0) is 4.74 Å². The molecule has 5 nitrogen and oxygen atoms in total. The molecule has 0 saturated carbocycles. The quantitative estimate of drug-likeness (QED) is 0.453. The van der Waals surface area contributed by atoms with Crippen LogP contribution in [0, 0.1) is 10.1 Å². The number of hydrogen-bond acceptors (Lipinski definition) is 4. The molecule has 0 saturated heterocycles. The van der Waals surface area contributed by atoms with Crippen molar-refractivity contribution in [2.75, 3.05) is 6.61 Å². The van der Waals surface area contributed by atoms with Gasteiger partial charge in [-0.3, -0.25) is 10.1 Å². The zero-order valence-corrected chi connectivity index (χ0v) is 8.65. The molecule has 0 radical (unpaired) electrons. The minimum Gasteiger partial charge on any atom is -0.462 e. The van der Waals surface area contributed by atoms with Gasteiger partial charge in [-0.2, -0.15) is 0 Å². The maximum atomic E-state index is 11.3. The monoisotopic (exact) mass is 229 g/mol. The van der Waals surface area contributed by atoms with Gasteiger partial charge in [-0.25, -0.2) is 4.79 Å². The number of benzene rings is 1. The van der Waals surface area contributed by atoms with Crippen molar-refractivity contribution in [1.82, 2.24) is 0 Å². The van der Waals surface area contributed by atoms with Gasteiger partial charge in [0.25, 0.3) is 5.69 Å². The number of hydrogen-bond donors (Lipinski definition) is 0. The van der Waals surface area contributed by atoms with Crippen LogP contribution in [-0.4, -0.2) is 17.5 Å². The highest BCUT2D eigenvalue weighted by atomic mass is 35.5. The van der Waals surface area contributed by atoms with Crippen molar-refractivity contribution in [3.05, 3.63) is 38.9 Å². The molecular formula is C9H8ClNO4. The van der Waals surface area contributed by atoms with E-state index < -0.39 is 10.9 Å². The van der Waals surface area contributed by atoms with E-state index in [2.05, 4.69) is 0 Å². The molecule has 0 heterocycles. The average molecular weight is 230 g/mol. The summed E-state index contributed by atoms with van der Waals surface area (Å²) in [5.74, 6) is -0.661. The number of nitrogens with zero attached hydrogens (tertiary/aromatic N) is 1. The lowest BCUT2D eigenvalue weighted by Crippen LogP contribution is -2.06. The maximum absolute atomic E-state index is 11.3. The highest BCUT2D eigenvalue weighted by Gasteiger charge is 2.20. The summed E-state index contributed by atoms with van der Waals surface area (Å²) in [5, 5.41) is 10.3.